The molecule has 6 saturated carbocycles. The van der Waals surface area contributed by atoms with Gasteiger partial charge in [0.05, 0.1) is 69.2 Å². The first-order chi connectivity index (χ1) is 30.9. The second kappa shape index (κ2) is 13.2. The van der Waals surface area contributed by atoms with E-state index in [1.165, 1.54) is 0 Å². The van der Waals surface area contributed by atoms with Crippen LogP contribution in [0.15, 0.2) is 0 Å². The van der Waals surface area contributed by atoms with Gasteiger partial charge in [-0.2, -0.15) is 0 Å². The van der Waals surface area contributed by atoms with E-state index in [-0.39, 0.29) is 94.0 Å². The molecule has 4 aliphatic heterocycles. The van der Waals surface area contributed by atoms with E-state index in [1.54, 1.807) is 0 Å². The third-order valence-corrected chi connectivity index (χ3v) is 24.3. The molecule has 4 spiro atoms. The molecule has 1 aromatic heterocycles. The molecule has 13 rings (SSSR count). The van der Waals surface area contributed by atoms with Crippen molar-refractivity contribution in [3.05, 3.63) is 22.8 Å². The fourth-order valence-corrected chi connectivity index (χ4v) is 20.7. The van der Waals surface area contributed by atoms with Gasteiger partial charge in [-0.25, -0.2) is 0 Å². The van der Waals surface area contributed by atoms with Gasteiger partial charge in [0.2, 0.25) is 0 Å². The number of aliphatic hydroxyl groups excluding tert-OH is 2. The van der Waals surface area contributed by atoms with Crippen molar-refractivity contribution in [2.45, 2.75) is 206 Å². The van der Waals surface area contributed by atoms with Crippen molar-refractivity contribution in [1.82, 2.24) is 9.97 Å². The molecule has 0 bridgehead atoms. The van der Waals surface area contributed by atoms with Crippen LogP contribution >= 0.6 is 0 Å². The Morgan fingerprint density at radius 1 is 0.652 bits per heavy atom. The molecule has 0 aromatic carbocycles. The zero-order valence-electron chi connectivity index (χ0n) is 41.5. The highest BCUT2D eigenvalue weighted by Gasteiger charge is 2.79. The summed E-state index contributed by atoms with van der Waals surface area (Å²) in [5.41, 5.74) is 0.689. The Hall–Kier alpha value is -1.86. The topological polar surface area (TPSA) is 158 Å². The number of aromatic nitrogens is 2. The predicted molar refractivity (Wildman–Crippen MR) is 242 cm³/mol. The molecule has 1 aromatic rings. The Morgan fingerprint density at radius 2 is 1.29 bits per heavy atom. The van der Waals surface area contributed by atoms with Crippen LogP contribution in [0.2, 0.25) is 0 Å². The summed E-state index contributed by atoms with van der Waals surface area (Å²) in [6.45, 7) is 21.6. The maximum absolute atomic E-state index is 15.1. The van der Waals surface area contributed by atoms with Crippen molar-refractivity contribution in [3.8, 4) is 0 Å². The van der Waals surface area contributed by atoms with E-state index in [0.717, 1.165) is 87.0 Å². The molecule has 0 unspecified atom stereocenters. The van der Waals surface area contributed by atoms with Crippen molar-refractivity contribution in [1.29, 1.82) is 0 Å². The minimum Gasteiger partial charge on any atom is -0.393 e. The molecule has 11 heteroatoms. The van der Waals surface area contributed by atoms with Crippen molar-refractivity contribution >= 4 is 11.6 Å². The number of ether oxygens (including phenoxy) is 4. The first-order valence-corrected chi connectivity index (χ1v) is 26.6. The van der Waals surface area contributed by atoms with Crippen molar-refractivity contribution in [2.75, 3.05) is 6.61 Å². The van der Waals surface area contributed by atoms with Crippen LogP contribution in [0, 0.1) is 92.7 Å². The SMILES string of the molecule is C[C@@H]1[C@H](O)[C@]2(OC[C@]34C(=O)C[C@H]5[C@@H](CC[C@H]6Cc7nc8c(nc7C[C@@]65C)C[C@@H]5CC[C@@H]6[C@H](CC(=O)[C@]67C[C@@H]6O[C@@]9(CCC(C)(C)O9)[C@@H](C)[C@@H]6[C@]7(C)O)[C@@]5(C)C8)[C@@H]3C[C@H](O)[C@@H]4[C@@H]2C)OC1(C)C. The number of carbonyl (C=O) groups excluding carboxylic acids is 2. The summed E-state index contributed by atoms with van der Waals surface area (Å²) < 4.78 is 26.9. The highest BCUT2D eigenvalue weighted by molar-refractivity contribution is 5.90. The Balaban J connectivity index is 0.759. The van der Waals surface area contributed by atoms with Crippen molar-refractivity contribution in [3.63, 3.8) is 0 Å². The summed E-state index contributed by atoms with van der Waals surface area (Å²) in [4.78, 5) is 41.0. The molecule has 4 saturated heterocycles. The number of aliphatic hydroxyl groups is 3. The molecule has 8 aliphatic carbocycles. The predicted octanol–water partition coefficient (Wildman–Crippen LogP) is 7.15. The van der Waals surface area contributed by atoms with Crippen LogP contribution in [0.1, 0.15) is 156 Å². The average molecular weight is 911 g/mol. The zero-order chi connectivity index (χ0) is 46.5. The number of rotatable bonds is 0. The summed E-state index contributed by atoms with van der Waals surface area (Å²) >= 11 is 0. The van der Waals surface area contributed by atoms with E-state index in [0.29, 0.717) is 43.4 Å². The average Bonchev–Trinajstić information content (AvgIpc) is 4.00. The molecule has 66 heavy (non-hydrogen) atoms. The highest BCUT2D eigenvalue weighted by Crippen LogP contribution is 2.74. The van der Waals surface area contributed by atoms with E-state index in [9.17, 15) is 20.1 Å². The lowest BCUT2D eigenvalue weighted by Gasteiger charge is -2.62. The Kier molecular flexibility index (Phi) is 8.79. The van der Waals surface area contributed by atoms with Gasteiger partial charge in [0.15, 0.2) is 11.6 Å². The molecule has 22 atom stereocenters. The van der Waals surface area contributed by atoms with Crippen molar-refractivity contribution in [2.24, 2.45) is 92.7 Å². The molecule has 3 N–H and O–H groups in total. The smallest absolute Gasteiger partial charge is 0.198 e. The van der Waals surface area contributed by atoms with Gasteiger partial charge < -0.3 is 34.3 Å². The summed E-state index contributed by atoms with van der Waals surface area (Å²) in [6, 6.07) is 0. The Morgan fingerprint density at radius 3 is 1.89 bits per heavy atom. The molecule has 11 nitrogen and oxygen atoms in total. The minimum atomic E-state index is -1.23. The standard InChI is InChI=1S/C55H78N2O9/c1-26-45-41(64-54(26)16-15-47(4,5)65-54)24-53(51(45,10)62)32-14-12-30-18-37-39(23-50(30,9)35(32)21-43(53)60)57-36-17-29-11-13-31-33(49(29,8)22-38(36)56-37)20-42(59)52-25-63-55(46(61)28(3)48(6,7)66-55)27(2)44(52)40(58)19-34(31)52/h26-35,40-41,44-46,58,61-62H,11-25H2,1-10H3/t26-,27-,28+,29-,30-,31+,32+,33-,34-,35-,40-,41-,44-,45-,46-,49-,50-,51-,52+,53-,54+,55+/m0/s1. The third kappa shape index (κ3) is 5.02. The van der Waals surface area contributed by atoms with E-state index in [1.807, 2.05) is 34.6 Å². The lowest BCUT2D eigenvalue weighted by Crippen LogP contribution is -2.67. The number of nitrogens with zero attached hydrogens (tertiary/aromatic N) is 2. The lowest BCUT2D eigenvalue weighted by molar-refractivity contribution is -0.346. The van der Waals surface area contributed by atoms with Gasteiger partial charge in [-0.15, -0.1) is 0 Å². The number of ketones is 2. The van der Waals surface area contributed by atoms with E-state index < -0.39 is 45.8 Å². The fourth-order valence-electron chi connectivity index (χ4n) is 20.7. The molecule has 10 fully saturated rings. The largest absolute Gasteiger partial charge is 0.393 e. The summed E-state index contributed by atoms with van der Waals surface area (Å²) in [5, 5.41) is 36.6. The molecule has 12 aliphatic rings. The van der Waals surface area contributed by atoms with Crippen LogP contribution in [0.4, 0.5) is 0 Å². The van der Waals surface area contributed by atoms with Gasteiger partial charge in [0.25, 0.3) is 0 Å². The maximum Gasteiger partial charge on any atom is 0.198 e. The van der Waals surface area contributed by atoms with Crippen LogP contribution in [-0.4, -0.2) is 90.2 Å². The lowest BCUT2D eigenvalue weighted by atomic mass is 9.43. The second-order valence-electron chi connectivity index (χ2n) is 27.3. The van der Waals surface area contributed by atoms with Crippen LogP contribution in [0.3, 0.4) is 0 Å². The number of fused-ring (bicyclic) bond motifs is 11. The Labute approximate surface area is 392 Å². The van der Waals surface area contributed by atoms with Crippen molar-refractivity contribution < 1.29 is 43.9 Å². The molecule has 0 amide bonds. The van der Waals surface area contributed by atoms with E-state index >= 15 is 4.79 Å². The van der Waals surface area contributed by atoms with Crippen LogP contribution in [-0.2, 0) is 54.2 Å². The van der Waals surface area contributed by atoms with Gasteiger partial charge in [-0.05, 0) is 158 Å². The first kappa shape index (κ1) is 44.1. The van der Waals surface area contributed by atoms with Crippen LogP contribution in [0.25, 0.3) is 0 Å². The van der Waals surface area contributed by atoms with E-state index in [2.05, 4.69) is 34.6 Å². The number of hydrogen-bond donors (Lipinski definition) is 3. The molecule has 5 heterocycles. The number of hydrogen-bond acceptors (Lipinski definition) is 11. The molecule has 0 radical (unpaired) electrons. The highest BCUT2D eigenvalue weighted by atomic mass is 16.7. The monoisotopic (exact) mass is 911 g/mol. The summed E-state index contributed by atoms with van der Waals surface area (Å²) in [7, 11) is 0. The van der Waals surface area contributed by atoms with E-state index in [4.69, 9.17) is 28.9 Å². The van der Waals surface area contributed by atoms with Gasteiger partial charge in [0, 0.05) is 48.9 Å². The normalized spacial score (nSPS) is 57.8. The maximum atomic E-state index is 15.1. The molecular formula is C55H78N2O9. The zero-order valence-corrected chi connectivity index (χ0v) is 41.5. The summed E-state index contributed by atoms with van der Waals surface area (Å²) in [6.07, 6.45) is 9.70. The van der Waals surface area contributed by atoms with Gasteiger partial charge >= 0.3 is 0 Å². The number of Topliss-reactive ketones (excluding diaryl/α,β-unsaturated/α-hetero) is 2. The second-order valence-corrected chi connectivity index (χ2v) is 27.3. The molecule has 362 valence electrons. The fraction of sp³-hybridized carbons (Fsp3) is 0.891. The first-order valence-electron chi connectivity index (χ1n) is 26.6. The van der Waals surface area contributed by atoms with Crippen LogP contribution < -0.4 is 0 Å². The van der Waals surface area contributed by atoms with Gasteiger partial charge in [-0.3, -0.25) is 19.6 Å². The minimum absolute atomic E-state index is 0.00137. The number of carbonyl (C=O) groups is 2. The third-order valence-electron chi connectivity index (χ3n) is 24.3. The van der Waals surface area contributed by atoms with Gasteiger partial charge in [-0.1, -0.05) is 34.6 Å². The summed E-state index contributed by atoms with van der Waals surface area (Å²) in [5.74, 6) is -0.767. The van der Waals surface area contributed by atoms with Gasteiger partial charge in [0.1, 0.15) is 17.7 Å². The Bertz CT molecular complexity index is 2310. The quantitative estimate of drug-likeness (QED) is 0.243. The molecular weight excluding hydrogens is 833 g/mol. The van der Waals surface area contributed by atoms with Crippen LogP contribution in [0.5, 0.6) is 0 Å².